The van der Waals surface area contributed by atoms with Crippen LogP contribution in [-0.4, -0.2) is 37.2 Å². The van der Waals surface area contributed by atoms with Crippen molar-refractivity contribution in [3.8, 4) is 11.5 Å². The van der Waals surface area contributed by atoms with E-state index >= 15 is 0 Å². The second kappa shape index (κ2) is 6.76. The van der Waals surface area contributed by atoms with E-state index in [0.717, 1.165) is 19.5 Å². The van der Waals surface area contributed by atoms with E-state index < -0.39 is 0 Å². The van der Waals surface area contributed by atoms with Crippen molar-refractivity contribution < 1.29 is 14.3 Å². The number of carbonyl (C=O) groups is 1. The molecule has 25 heavy (non-hydrogen) atoms. The first-order valence-electron chi connectivity index (χ1n) is 8.76. The molecule has 1 amide bonds. The van der Waals surface area contributed by atoms with Crippen molar-refractivity contribution in [3.05, 3.63) is 59.2 Å². The molecule has 130 valence electrons. The fourth-order valence-electron chi connectivity index (χ4n) is 3.42. The highest BCUT2D eigenvalue weighted by Crippen LogP contribution is 2.34. The van der Waals surface area contributed by atoms with Crippen molar-refractivity contribution in [3.63, 3.8) is 0 Å². The largest absolute Gasteiger partial charge is 0.454 e. The fourth-order valence-corrected chi connectivity index (χ4v) is 3.42. The van der Waals surface area contributed by atoms with Crippen LogP contribution < -0.4 is 14.8 Å². The minimum absolute atomic E-state index is 0.0318. The van der Waals surface area contributed by atoms with Gasteiger partial charge in [0.25, 0.3) is 5.91 Å². The highest BCUT2D eigenvalue weighted by atomic mass is 16.7. The molecule has 2 heterocycles. The van der Waals surface area contributed by atoms with E-state index in [1.807, 2.05) is 17.0 Å². The Kier molecular flexibility index (Phi) is 4.32. The third kappa shape index (κ3) is 3.07. The van der Waals surface area contributed by atoms with Gasteiger partial charge in [0, 0.05) is 25.2 Å². The molecule has 0 aromatic heterocycles. The Hall–Kier alpha value is -2.53. The number of hydrogen-bond donors (Lipinski definition) is 1. The number of aryl methyl sites for hydroxylation is 1. The van der Waals surface area contributed by atoms with Crippen LogP contribution in [0.2, 0.25) is 0 Å². The van der Waals surface area contributed by atoms with Gasteiger partial charge in [0.2, 0.25) is 6.79 Å². The first kappa shape index (κ1) is 16.0. The molecule has 2 aliphatic rings. The standard InChI is InChI=1S/C20H22N2O3/c1-2-14-3-5-15(6-4-14)17-12-21-9-10-22(17)20(23)16-7-8-18-19(11-16)25-13-24-18/h3-8,11,17,21H,2,9-10,12-13H2,1H3. The van der Waals surface area contributed by atoms with Gasteiger partial charge in [-0.05, 0) is 35.7 Å². The van der Waals surface area contributed by atoms with Crippen LogP contribution in [0.4, 0.5) is 0 Å². The summed E-state index contributed by atoms with van der Waals surface area (Å²) in [7, 11) is 0. The van der Waals surface area contributed by atoms with Crippen molar-refractivity contribution in [2.75, 3.05) is 26.4 Å². The van der Waals surface area contributed by atoms with E-state index in [0.29, 0.717) is 23.6 Å². The van der Waals surface area contributed by atoms with Gasteiger partial charge in [-0.2, -0.15) is 0 Å². The molecule has 2 aliphatic heterocycles. The smallest absolute Gasteiger partial charge is 0.254 e. The molecule has 1 N–H and O–H groups in total. The summed E-state index contributed by atoms with van der Waals surface area (Å²) in [4.78, 5) is 15.1. The van der Waals surface area contributed by atoms with Crippen LogP contribution in [-0.2, 0) is 6.42 Å². The second-order valence-corrected chi connectivity index (χ2v) is 6.38. The molecule has 5 heteroatoms. The number of carbonyl (C=O) groups excluding carboxylic acids is 1. The predicted molar refractivity (Wildman–Crippen MR) is 95.0 cm³/mol. The lowest BCUT2D eigenvalue weighted by atomic mass is 10.00. The van der Waals surface area contributed by atoms with Crippen LogP contribution >= 0.6 is 0 Å². The molecule has 0 bridgehead atoms. The zero-order valence-electron chi connectivity index (χ0n) is 14.3. The van der Waals surface area contributed by atoms with E-state index in [4.69, 9.17) is 9.47 Å². The van der Waals surface area contributed by atoms with E-state index in [9.17, 15) is 4.79 Å². The van der Waals surface area contributed by atoms with Gasteiger partial charge >= 0.3 is 0 Å². The molecule has 1 saturated heterocycles. The van der Waals surface area contributed by atoms with Gasteiger partial charge in [-0.1, -0.05) is 31.2 Å². The number of fused-ring (bicyclic) bond motifs is 1. The third-order valence-electron chi connectivity index (χ3n) is 4.90. The van der Waals surface area contributed by atoms with Crippen molar-refractivity contribution in [1.29, 1.82) is 0 Å². The lowest BCUT2D eigenvalue weighted by Gasteiger charge is -2.36. The quantitative estimate of drug-likeness (QED) is 0.935. The normalized spacial score (nSPS) is 19.1. The minimum atomic E-state index is 0.0318. The van der Waals surface area contributed by atoms with Crippen molar-refractivity contribution in [1.82, 2.24) is 10.2 Å². The molecule has 1 atom stereocenters. The van der Waals surface area contributed by atoms with Crippen LogP contribution in [0.3, 0.4) is 0 Å². The van der Waals surface area contributed by atoms with Gasteiger partial charge in [-0.15, -0.1) is 0 Å². The maximum absolute atomic E-state index is 13.1. The number of rotatable bonds is 3. The molecule has 0 spiro atoms. The van der Waals surface area contributed by atoms with Gasteiger partial charge in [0.1, 0.15) is 0 Å². The molecule has 4 rings (SSSR count). The number of amides is 1. The number of nitrogens with zero attached hydrogens (tertiary/aromatic N) is 1. The third-order valence-corrected chi connectivity index (χ3v) is 4.90. The van der Waals surface area contributed by atoms with Crippen LogP contribution in [0.25, 0.3) is 0 Å². The zero-order valence-corrected chi connectivity index (χ0v) is 14.3. The van der Waals surface area contributed by atoms with Crippen molar-refractivity contribution >= 4 is 5.91 Å². The van der Waals surface area contributed by atoms with Crippen LogP contribution in [0, 0.1) is 0 Å². The molecule has 0 saturated carbocycles. The monoisotopic (exact) mass is 338 g/mol. The van der Waals surface area contributed by atoms with E-state index in [1.54, 1.807) is 6.07 Å². The summed E-state index contributed by atoms with van der Waals surface area (Å²) < 4.78 is 10.7. The summed E-state index contributed by atoms with van der Waals surface area (Å²) in [6, 6.07) is 14.0. The van der Waals surface area contributed by atoms with E-state index in [-0.39, 0.29) is 18.7 Å². The van der Waals surface area contributed by atoms with E-state index in [1.165, 1.54) is 11.1 Å². The summed E-state index contributed by atoms with van der Waals surface area (Å²) in [5.74, 6) is 1.37. The summed E-state index contributed by atoms with van der Waals surface area (Å²) in [5, 5.41) is 3.40. The Labute approximate surface area is 147 Å². The summed E-state index contributed by atoms with van der Waals surface area (Å²) in [6.07, 6.45) is 1.02. The first-order valence-corrected chi connectivity index (χ1v) is 8.76. The maximum Gasteiger partial charge on any atom is 0.254 e. The number of benzene rings is 2. The zero-order chi connectivity index (χ0) is 17.2. The van der Waals surface area contributed by atoms with Crippen LogP contribution in [0.5, 0.6) is 11.5 Å². The molecule has 0 radical (unpaired) electrons. The summed E-state index contributed by atoms with van der Waals surface area (Å²) >= 11 is 0. The molecular weight excluding hydrogens is 316 g/mol. The van der Waals surface area contributed by atoms with Crippen LogP contribution in [0.15, 0.2) is 42.5 Å². The number of nitrogens with one attached hydrogen (secondary N) is 1. The average Bonchev–Trinajstić information content (AvgIpc) is 3.15. The van der Waals surface area contributed by atoms with Gasteiger partial charge < -0.3 is 19.7 Å². The molecule has 1 fully saturated rings. The van der Waals surface area contributed by atoms with Gasteiger partial charge in [-0.25, -0.2) is 0 Å². The molecular formula is C20H22N2O3. The Morgan fingerprint density at radius 2 is 1.96 bits per heavy atom. The summed E-state index contributed by atoms with van der Waals surface area (Å²) in [5.41, 5.74) is 3.11. The lowest BCUT2D eigenvalue weighted by molar-refractivity contribution is 0.0634. The molecule has 1 unspecified atom stereocenters. The maximum atomic E-state index is 13.1. The minimum Gasteiger partial charge on any atom is -0.454 e. The van der Waals surface area contributed by atoms with Crippen molar-refractivity contribution in [2.45, 2.75) is 19.4 Å². The predicted octanol–water partition coefficient (Wildman–Crippen LogP) is 2.76. The average molecular weight is 338 g/mol. The number of ether oxygens (including phenoxy) is 2. The second-order valence-electron chi connectivity index (χ2n) is 6.38. The van der Waals surface area contributed by atoms with Gasteiger partial charge in [0.15, 0.2) is 11.5 Å². The van der Waals surface area contributed by atoms with Gasteiger partial charge in [0.05, 0.1) is 6.04 Å². The topological polar surface area (TPSA) is 50.8 Å². The van der Waals surface area contributed by atoms with Crippen molar-refractivity contribution in [2.24, 2.45) is 0 Å². The Bertz CT molecular complexity index is 773. The van der Waals surface area contributed by atoms with Gasteiger partial charge in [-0.3, -0.25) is 4.79 Å². The Morgan fingerprint density at radius 3 is 2.76 bits per heavy atom. The Balaban J connectivity index is 1.60. The number of hydrogen-bond acceptors (Lipinski definition) is 4. The molecule has 2 aromatic rings. The number of piperazine rings is 1. The highest BCUT2D eigenvalue weighted by molar-refractivity contribution is 5.95. The first-order chi connectivity index (χ1) is 12.3. The SMILES string of the molecule is CCc1ccc(C2CNCCN2C(=O)c2ccc3c(c2)OCO3)cc1. The highest BCUT2D eigenvalue weighted by Gasteiger charge is 2.29. The molecule has 2 aromatic carbocycles. The molecule has 5 nitrogen and oxygen atoms in total. The Morgan fingerprint density at radius 1 is 1.16 bits per heavy atom. The fraction of sp³-hybridized carbons (Fsp3) is 0.350. The molecule has 0 aliphatic carbocycles. The van der Waals surface area contributed by atoms with Crippen LogP contribution in [0.1, 0.15) is 34.5 Å². The van der Waals surface area contributed by atoms with E-state index in [2.05, 4.69) is 36.5 Å². The lowest BCUT2D eigenvalue weighted by Crippen LogP contribution is -2.48. The summed E-state index contributed by atoms with van der Waals surface area (Å²) in [6.45, 7) is 4.62.